The molecule has 3 rings (SSSR count). The summed E-state index contributed by atoms with van der Waals surface area (Å²) in [5, 5.41) is 0. The number of hydrogen-bond donors (Lipinski definition) is 0. The molecule has 0 amide bonds. The van der Waals surface area contributed by atoms with Crippen molar-refractivity contribution >= 4 is 10.1 Å². The molecule has 0 radical (unpaired) electrons. The zero-order valence-electron chi connectivity index (χ0n) is 12.3. The van der Waals surface area contributed by atoms with E-state index in [4.69, 9.17) is 8.92 Å². The van der Waals surface area contributed by atoms with Gasteiger partial charge < -0.3 is 4.74 Å². The minimum atomic E-state index is -3.67. The van der Waals surface area contributed by atoms with Gasteiger partial charge in [-0.3, -0.25) is 4.18 Å². The van der Waals surface area contributed by atoms with E-state index >= 15 is 0 Å². The third-order valence-corrected chi connectivity index (χ3v) is 5.73. The number of rotatable bonds is 5. The van der Waals surface area contributed by atoms with Gasteiger partial charge in [-0.15, -0.1) is 0 Å². The van der Waals surface area contributed by atoms with Gasteiger partial charge in [0, 0.05) is 0 Å². The molecule has 4 nitrogen and oxygen atoms in total. The molecule has 0 N–H and O–H groups in total. The van der Waals surface area contributed by atoms with Crippen LogP contribution in [0.3, 0.4) is 0 Å². The molecule has 1 aromatic rings. The molecule has 0 unspecified atom stereocenters. The van der Waals surface area contributed by atoms with Gasteiger partial charge in [-0.25, -0.2) is 0 Å². The maximum atomic E-state index is 12.1. The summed E-state index contributed by atoms with van der Waals surface area (Å²) in [7, 11) is -3.67. The van der Waals surface area contributed by atoms with Gasteiger partial charge in [-0.1, -0.05) is 37.0 Å². The van der Waals surface area contributed by atoms with E-state index < -0.39 is 10.1 Å². The molecule has 0 bridgehead atoms. The van der Waals surface area contributed by atoms with Crippen molar-refractivity contribution in [1.29, 1.82) is 0 Å². The second-order valence-electron chi connectivity index (χ2n) is 6.09. The summed E-state index contributed by atoms with van der Waals surface area (Å²) < 4.78 is 34.9. The van der Waals surface area contributed by atoms with Gasteiger partial charge >= 0.3 is 0 Å². The van der Waals surface area contributed by atoms with E-state index in [2.05, 4.69) is 0 Å². The van der Waals surface area contributed by atoms with Crippen molar-refractivity contribution in [3.05, 3.63) is 29.8 Å². The van der Waals surface area contributed by atoms with Crippen LogP contribution < -0.4 is 0 Å². The lowest BCUT2D eigenvalue weighted by molar-refractivity contribution is 0.244. The van der Waals surface area contributed by atoms with Crippen LogP contribution in [-0.2, 0) is 19.0 Å². The van der Waals surface area contributed by atoms with Gasteiger partial charge in [0.15, 0.2) is 0 Å². The average Bonchev–Trinajstić information content (AvgIpc) is 3.26. The molecule has 1 aliphatic heterocycles. The van der Waals surface area contributed by atoms with Crippen LogP contribution in [-0.4, -0.2) is 27.2 Å². The van der Waals surface area contributed by atoms with Crippen LogP contribution in [0.4, 0.5) is 0 Å². The monoisotopic (exact) mass is 310 g/mol. The van der Waals surface area contributed by atoms with Crippen LogP contribution >= 0.6 is 0 Å². The maximum absolute atomic E-state index is 12.1. The van der Waals surface area contributed by atoms with E-state index in [1.165, 1.54) is 32.1 Å². The van der Waals surface area contributed by atoms with Crippen LogP contribution in [0.1, 0.15) is 37.7 Å². The Labute approximate surface area is 126 Å². The molecule has 2 fully saturated rings. The molecule has 1 saturated carbocycles. The van der Waals surface area contributed by atoms with Gasteiger partial charge in [0.1, 0.15) is 6.10 Å². The fourth-order valence-corrected chi connectivity index (χ4v) is 4.02. The number of hydrogen-bond acceptors (Lipinski definition) is 4. The Kier molecular flexibility index (Phi) is 4.33. The number of benzene rings is 1. The highest BCUT2D eigenvalue weighted by atomic mass is 32.2. The Hall–Kier alpha value is -0.910. The first kappa shape index (κ1) is 15.0. The first-order chi connectivity index (χ1) is 10.1. The van der Waals surface area contributed by atoms with Gasteiger partial charge in [0.2, 0.25) is 0 Å². The first-order valence-corrected chi connectivity index (χ1v) is 9.09. The summed E-state index contributed by atoms with van der Waals surface area (Å²) in [6.07, 6.45) is 6.40. The van der Waals surface area contributed by atoms with E-state index in [0.717, 1.165) is 5.56 Å². The third-order valence-electron chi connectivity index (χ3n) is 4.43. The second kappa shape index (κ2) is 6.07. The minimum absolute atomic E-state index is 0.0478. The molecule has 1 aromatic carbocycles. The molecule has 21 heavy (non-hydrogen) atoms. The number of epoxide rings is 1. The first-order valence-electron chi connectivity index (χ1n) is 7.68. The lowest BCUT2D eigenvalue weighted by Gasteiger charge is -2.19. The molecule has 1 saturated heterocycles. The van der Waals surface area contributed by atoms with E-state index in [0.29, 0.717) is 5.92 Å². The normalized spacial score (nSPS) is 26.7. The SMILES string of the molecule is Cc1ccc(S(=O)(=O)OC[C@@H]2O[C@H]2C2CCCCC2)cc1. The fraction of sp³-hybridized carbons (Fsp3) is 0.625. The molecule has 1 aliphatic carbocycles. The highest BCUT2D eigenvalue weighted by Crippen LogP contribution is 2.38. The van der Waals surface area contributed by atoms with E-state index in [1.807, 2.05) is 6.92 Å². The van der Waals surface area contributed by atoms with E-state index in [9.17, 15) is 8.42 Å². The third kappa shape index (κ3) is 3.65. The smallest absolute Gasteiger partial charge is 0.297 e. The molecule has 0 aromatic heterocycles. The Morgan fingerprint density at radius 3 is 2.48 bits per heavy atom. The van der Waals surface area contributed by atoms with Crippen molar-refractivity contribution in [2.24, 2.45) is 5.92 Å². The van der Waals surface area contributed by atoms with E-state index in [1.54, 1.807) is 24.3 Å². The lowest BCUT2D eigenvalue weighted by Crippen LogP contribution is -2.18. The molecule has 2 aliphatic rings. The molecule has 5 heteroatoms. The van der Waals surface area contributed by atoms with Gasteiger partial charge in [-0.2, -0.15) is 8.42 Å². The summed E-state index contributed by atoms with van der Waals surface area (Å²) in [4.78, 5) is 0.211. The topological polar surface area (TPSA) is 55.9 Å². The van der Waals surface area contributed by atoms with Gasteiger partial charge in [-0.05, 0) is 37.8 Å². The Balaban J connectivity index is 1.52. The summed E-state index contributed by atoms with van der Waals surface area (Å²) >= 11 is 0. The lowest BCUT2D eigenvalue weighted by atomic mass is 9.86. The molecule has 1 heterocycles. The summed E-state index contributed by atoms with van der Waals surface area (Å²) in [5.41, 5.74) is 1.02. The quantitative estimate of drug-likeness (QED) is 0.619. The van der Waals surface area contributed by atoms with Crippen molar-refractivity contribution in [3.8, 4) is 0 Å². The number of ether oxygens (including phenoxy) is 1. The highest BCUT2D eigenvalue weighted by Gasteiger charge is 2.45. The molecular formula is C16H22O4S. The average molecular weight is 310 g/mol. The van der Waals surface area contributed by atoms with Crippen molar-refractivity contribution in [1.82, 2.24) is 0 Å². The van der Waals surface area contributed by atoms with Gasteiger partial charge in [0.05, 0.1) is 17.6 Å². The predicted molar refractivity (Wildman–Crippen MR) is 79.6 cm³/mol. The van der Waals surface area contributed by atoms with Crippen LogP contribution in [0.25, 0.3) is 0 Å². The summed E-state index contributed by atoms with van der Waals surface area (Å²) in [5.74, 6) is 0.592. The summed E-state index contributed by atoms with van der Waals surface area (Å²) in [6.45, 7) is 2.06. The zero-order chi connectivity index (χ0) is 14.9. The second-order valence-corrected chi connectivity index (χ2v) is 7.70. The molecule has 0 spiro atoms. The standard InChI is InChI=1S/C16H22O4S/c1-12-7-9-14(10-8-12)21(17,18)19-11-15-16(20-15)13-5-3-2-4-6-13/h7-10,13,15-16H,2-6,11H2,1H3/t15-,16-/m0/s1. The predicted octanol–water partition coefficient (Wildman–Crippen LogP) is 3.05. The van der Waals surface area contributed by atoms with Crippen molar-refractivity contribution in [3.63, 3.8) is 0 Å². The fourth-order valence-electron chi connectivity index (χ4n) is 3.10. The maximum Gasteiger partial charge on any atom is 0.297 e. The van der Waals surface area contributed by atoms with Crippen LogP contribution in [0.5, 0.6) is 0 Å². The molecular weight excluding hydrogens is 288 g/mol. The Morgan fingerprint density at radius 2 is 1.81 bits per heavy atom. The minimum Gasteiger partial charge on any atom is -0.367 e. The number of aryl methyl sites for hydroxylation is 1. The van der Waals surface area contributed by atoms with Crippen LogP contribution in [0.15, 0.2) is 29.2 Å². The Bertz CT molecular complexity index is 573. The van der Waals surface area contributed by atoms with Crippen LogP contribution in [0.2, 0.25) is 0 Å². The van der Waals surface area contributed by atoms with Crippen molar-refractivity contribution in [2.75, 3.05) is 6.61 Å². The highest BCUT2D eigenvalue weighted by molar-refractivity contribution is 7.86. The van der Waals surface area contributed by atoms with Crippen LogP contribution in [0, 0.1) is 12.8 Å². The molecule has 2 atom stereocenters. The largest absolute Gasteiger partial charge is 0.367 e. The van der Waals surface area contributed by atoms with E-state index in [-0.39, 0.29) is 23.7 Å². The van der Waals surface area contributed by atoms with Crippen molar-refractivity contribution < 1.29 is 17.3 Å². The molecule has 116 valence electrons. The Morgan fingerprint density at radius 1 is 1.14 bits per heavy atom. The van der Waals surface area contributed by atoms with Gasteiger partial charge in [0.25, 0.3) is 10.1 Å². The zero-order valence-corrected chi connectivity index (χ0v) is 13.1. The summed E-state index contributed by atoms with van der Waals surface area (Å²) in [6, 6.07) is 6.71. The van der Waals surface area contributed by atoms with Crippen molar-refractivity contribution in [2.45, 2.75) is 56.1 Å².